The molecule has 0 aliphatic rings. The van der Waals surface area contributed by atoms with Gasteiger partial charge in [0.15, 0.2) is 0 Å². The number of carbonyl (C=O) groups is 2. The van der Waals surface area contributed by atoms with E-state index in [2.05, 4.69) is 0 Å². The molecule has 0 aliphatic carbocycles. The Morgan fingerprint density at radius 1 is 1.08 bits per heavy atom. The summed E-state index contributed by atoms with van der Waals surface area (Å²) in [5, 5.41) is 20.7. The van der Waals surface area contributed by atoms with Crippen LogP contribution in [0.15, 0.2) is 18.2 Å². The third-order valence-electron chi connectivity index (χ3n) is 3.75. The van der Waals surface area contributed by atoms with Gasteiger partial charge < -0.3 is 19.9 Å². The minimum Gasteiger partial charge on any atom is -0.733 e. The van der Waals surface area contributed by atoms with Crippen LogP contribution in [0.1, 0.15) is 51.7 Å². The molecule has 0 amide bonds. The van der Waals surface area contributed by atoms with Crippen LogP contribution in [0.4, 0.5) is 5.69 Å². The number of ether oxygens (including phenoxy) is 2. The first-order valence-electron chi connectivity index (χ1n) is 8.31. The Bertz CT molecular complexity index is 587. The molecule has 7 heteroatoms. The van der Waals surface area contributed by atoms with E-state index in [1.807, 2.05) is 6.07 Å². The Hall–Kier alpha value is -2.12. The SMILES string of the molecule is CC(=O)O[C@@H](C)CCc1ccc(CC[C@H](C)OC(C)=O)c(N([O-])O)c1. The van der Waals surface area contributed by atoms with Gasteiger partial charge in [-0.25, -0.2) is 0 Å². The van der Waals surface area contributed by atoms with Gasteiger partial charge in [0.25, 0.3) is 0 Å². The second-order valence-electron chi connectivity index (χ2n) is 6.15. The monoisotopic (exact) mass is 352 g/mol. The van der Waals surface area contributed by atoms with Gasteiger partial charge in [-0.05, 0) is 56.7 Å². The Balaban J connectivity index is 2.72. The highest BCUT2D eigenvalue weighted by Gasteiger charge is 2.11. The van der Waals surface area contributed by atoms with Crippen LogP contribution in [0, 0.1) is 5.21 Å². The molecule has 0 saturated heterocycles. The summed E-state index contributed by atoms with van der Waals surface area (Å²) in [6.07, 6.45) is 1.78. The normalized spacial score (nSPS) is 13.0. The summed E-state index contributed by atoms with van der Waals surface area (Å²) in [6, 6.07) is 5.28. The van der Waals surface area contributed by atoms with Crippen molar-refractivity contribution in [2.75, 3.05) is 5.23 Å². The van der Waals surface area contributed by atoms with Gasteiger partial charge >= 0.3 is 11.9 Å². The highest BCUT2D eigenvalue weighted by molar-refractivity contribution is 5.66. The first-order chi connectivity index (χ1) is 11.7. The fourth-order valence-electron chi connectivity index (χ4n) is 2.57. The lowest BCUT2D eigenvalue weighted by Crippen LogP contribution is -2.15. The first kappa shape index (κ1) is 20.9. The number of benzene rings is 1. The molecule has 0 radical (unpaired) electrons. The Morgan fingerprint density at radius 3 is 2.08 bits per heavy atom. The topological polar surface area (TPSA) is 99.1 Å². The number of hydrogen-bond acceptors (Lipinski definition) is 7. The molecule has 0 spiro atoms. The summed E-state index contributed by atoms with van der Waals surface area (Å²) in [6.45, 7) is 6.29. The number of esters is 2. The molecule has 0 fully saturated rings. The van der Waals surface area contributed by atoms with E-state index in [-0.39, 0.29) is 35.1 Å². The van der Waals surface area contributed by atoms with Crippen LogP contribution < -0.4 is 5.23 Å². The van der Waals surface area contributed by atoms with Crippen molar-refractivity contribution in [2.24, 2.45) is 0 Å². The van der Waals surface area contributed by atoms with Gasteiger partial charge in [0.2, 0.25) is 0 Å². The summed E-state index contributed by atoms with van der Waals surface area (Å²) in [5.41, 5.74) is 1.71. The van der Waals surface area contributed by atoms with Gasteiger partial charge in [-0.1, -0.05) is 12.1 Å². The summed E-state index contributed by atoms with van der Waals surface area (Å²) in [7, 11) is 0. The number of nitrogens with zero attached hydrogens (tertiary/aromatic N) is 1. The quantitative estimate of drug-likeness (QED) is 0.538. The van der Waals surface area contributed by atoms with Crippen molar-refractivity contribution in [3.63, 3.8) is 0 Å². The minimum atomic E-state index is -0.349. The van der Waals surface area contributed by atoms with Crippen LogP contribution in [-0.2, 0) is 31.9 Å². The zero-order valence-electron chi connectivity index (χ0n) is 15.2. The zero-order valence-corrected chi connectivity index (χ0v) is 15.2. The fraction of sp³-hybridized carbons (Fsp3) is 0.556. The summed E-state index contributed by atoms with van der Waals surface area (Å²) in [5.74, 6) is -0.677. The molecule has 140 valence electrons. The molecular weight excluding hydrogens is 326 g/mol. The third kappa shape index (κ3) is 8.00. The summed E-state index contributed by atoms with van der Waals surface area (Å²) in [4.78, 5) is 21.8. The molecule has 0 saturated carbocycles. The van der Waals surface area contributed by atoms with Crippen LogP contribution in [0.5, 0.6) is 0 Å². The van der Waals surface area contributed by atoms with Crippen LogP contribution in [0.3, 0.4) is 0 Å². The molecule has 1 aromatic rings. The van der Waals surface area contributed by atoms with E-state index in [9.17, 15) is 20.0 Å². The molecule has 0 aliphatic heterocycles. The number of hydrogen-bond donors (Lipinski definition) is 1. The largest absolute Gasteiger partial charge is 0.733 e. The second kappa shape index (κ2) is 10.0. The van der Waals surface area contributed by atoms with E-state index in [4.69, 9.17) is 9.47 Å². The van der Waals surface area contributed by atoms with Gasteiger partial charge in [0.05, 0.1) is 17.9 Å². The predicted molar refractivity (Wildman–Crippen MR) is 93.2 cm³/mol. The molecular formula is C18H26NO6-. The van der Waals surface area contributed by atoms with Crippen LogP contribution in [0.2, 0.25) is 0 Å². The van der Waals surface area contributed by atoms with Crippen LogP contribution in [0.25, 0.3) is 0 Å². The average Bonchev–Trinajstić information content (AvgIpc) is 2.49. The smallest absolute Gasteiger partial charge is 0.302 e. The first-order valence-corrected chi connectivity index (χ1v) is 8.31. The minimum absolute atomic E-state index is 0.148. The number of rotatable bonds is 9. The maximum absolute atomic E-state index is 11.4. The van der Waals surface area contributed by atoms with Gasteiger partial charge in [-0.15, -0.1) is 0 Å². The van der Waals surface area contributed by atoms with Crippen molar-refractivity contribution in [3.05, 3.63) is 34.5 Å². The average molecular weight is 352 g/mol. The van der Waals surface area contributed by atoms with E-state index >= 15 is 0 Å². The Morgan fingerprint density at radius 2 is 1.60 bits per heavy atom. The standard InChI is InChI=1S/C18H26NO6/c1-12(24-14(3)20)5-7-16-8-10-17(18(11-16)19(22)23)9-6-13(2)25-15(4)21/h8,10-13,22H,5-7,9H2,1-4H3/q-1/t12-,13-/m0/s1. The highest BCUT2D eigenvalue weighted by Crippen LogP contribution is 2.24. The lowest BCUT2D eigenvalue weighted by molar-refractivity contribution is -0.146. The number of anilines is 1. The summed E-state index contributed by atoms with van der Waals surface area (Å²) < 4.78 is 10.1. The van der Waals surface area contributed by atoms with E-state index in [1.54, 1.807) is 26.0 Å². The molecule has 1 N–H and O–H groups in total. The molecule has 2 atom stereocenters. The van der Waals surface area contributed by atoms with Crippen molar-refractivity contribution >= 4 is 17.6 Å². The second-order valence-corrected chi connectivity index (χ2v) is 6.15. The number of carbonyl (C=O) groups excluding carboxylic acids is 2. The van der Waals surface area contributed by atoms with Gasteiger partial charge in [0, 0.05) is 13.8 Å². The Kier molecular flexibility index (Phi) is 8.37. The highest BCUT2D eigenvalue weighted by atomic mass is 16.8. The molecule has 7 nitrogen and oxygen atoms in total. The molecule has 1 rings (SSSR count). The molecule has 0 heterocycles. The molecule has 0 unspecified atom stereocenters. The fourth-order valence-corrected chi connectivity index (χ4v) is 2.57. The van der Waals surface area contributed by atoms with Crippen LogP contribution >= 0.6 is 0 Å². The van der Waals surface area contributed by atoms with Crippen molar-refractivity contribution in [1.29, 1.82) is 0 Å². The lowest BCUT2D eigenvalue weighted by atomic mass is 10.00. The zero-order chi connectivity index (χ0) is 19.0. The Labute approximate surface area is 148 Å². The van der Waals surface area contributed by atoms with E-state index in [1.165, 1.54) is 13.8 Å². The molecule has 0 aromatic heterocycles. The van der Waals surface area contributed by atoms with Gasteiger partial charge in [0.1, 0.15) is 0 Å². The van der Waals surface area contributed by atoms with Crippen molar-refractivity contribution < 1.29 is 24.3 Å². The molecule has 25 heavy (non-hydrogen) atoms. The van der Waals surface area contributed by atoms with Crippen molar-refractivity contribution in [3.8, 4) is 0 Å². The van der Waals surface area contributed by atoms with Crippen molar-refractivity contribution in [2.45, 2.75) is 65.6 Å². The maximum Gasteiger partial charge on any atom is 0.302 e. The third-order valence-corrected chi connectivity index (χ3v) is 3.75. The lowest BCUT2D eigenvalue weighted by Gasteiger charge is -2.26. The number of aryl methyl sites for hydroxylation is 2. The van der Waals surface area contributed by atoms with Gasteiger partial charge in [-0.3, -0.25) is 14.8 Å². The predicted octanol–water partition coefficient (Wildman–Crippen LogP) is 3.15. The van der Waals surface area contributed by atoms with E-state index in [0.717, 1.165) is 5.56 Å². The molecule has 1 aromatic carbocycles. The summed E-state index contributed by atoms with van der Waals surface area (Å²) >= 11 is 0. The van der Waals surface area contributed by atoms with Gasteiger partial charge in [-0.2, -0.15) is 0 Å². The van der Waals surface area contributed by atoms with Crippen molar-refractivity contribution in [1.82, 2.24) is 0 Å². The van der Waals surface area contributed by atoms with Crippen LogP contribution in [-0.4, -0.2) is 29.4 Å². The maximum atomic E-state index is 11.4. The van der Waals surface area contributed by atoms with E-state index < -0.39 is 0 Å². The van der Waals surface area contributed by atoms with E-state index in [0.29, 0.717) is 31.2 Å². The molecule has 0 bridgehead atoms.